The molecule has 0 saturated carbocycles. The quantitative estimate of drug-likeness (QED) is 0.943. The second-order valence-corrected chi connectivity index (χ2v) is 6.16. The third-order valence-corrected chi connectivity index (χ3v) is 3.97. The lowest BCUT2D eigenvalue weighted by Crippen LogP contribution is -2.20. The number of aromatic nitrogens is 3. The molecule has 2 aromatic heterocycles. The van der Waals surface area contributed by atoms with Gasteiger partial charge in [-0.2, -0.15) is 0 Å². The Bertz CT molecular complexity index is 465. The molecule has 2 aromatic rings. The zero-order chi connectivity index (χ0) is 11.5. The van der Waals surface area contributed by atoms with E-state index in [2.05, 4.69) is 50.5 Å². The van der Waals surface area contributed by atoms with E-state index in [1.165, 1.54) is 4.88 Å². The Hall–Kier alpha value is -0.720. The Morgan fingerprint density at radius 3 is 2.94 bits per heavy atom. The van der Waals surface area contributed by atoms with E-state index in [9.17, 15) is 0 Å². The molecule has 0 saturated heterocycles. The Morgan fingerprint density at radius 1 is 1.56 bits per heavy atom. The van der Waals surface area contributed by atoms with Crippen molar-refractivity contribution < 1.29 is 0 Å². The summed E-state index contributed by atoms with van der Waals surface area (Å²) >= 11 is 5.20. The highest BCUT2D eigenvalue weighted by molar-refractivity contribution is 9.11. The van der Waals surface area contributed by atoms with Crippen LogP contribution in [0, 0.1) is 0 Å². The summed E-state index contributed by atoms with van der Waals surface area (Å²) in [4.78, 5) is 1.31. The lowest BCUT2D eigenvalue weighted by Gasteiger charge is -2.11. The van der Waals surface area contributed by atoms with Crippen molar-refractivity contribution in [2.75, 3.05) is 0 Å². The average molecular weight is 301 g/mol. The van der Waals surface area contributed by atoms with Gasteiger partial charge in [0.05, 0.1) is 9.83 Å². The van der Waals surface area contributed by atoms with Crippen LogP contribution < -0.4 is 5.32 Å². The number of aryl methyl sites for hydroxylation is 1. The Labute approximate surface area is 107 Å². The van der Waals surface area contributed by atoms with Crippen molar-refractivity contribution in [2.24, 2.45) is 7.05 Å². The maximum atomic E-state index is 4.08. The van der Waals surface area contributed by atoms with E-state index in [4.69, 9.17) is 0 Å². The van der Waals surface area contributed by atoms with Crippen molar-refractivity contribution in [1.82, 2.24) is 20.1 Å². The minimum Gasteiger partial charge on any atom is -0.319 e. The Balaban J connectivity index is 1.93. The topological polar surface area (TPSA) is 42.7 Å². The van der Waals surface area contributed by atoms with Gasteiger partial charge in [0.15, 0.2) is 0 Å². The molecule has 86 valence electrons. The zero-order valence-corrected chi connectivity index (χ0v) is 11.5. The minimum absolute atomic E-state index is 0.202. The molecule has 0 amide bonds. The van der Waals surface area contributed by atoms with Crippen LogP contribution in [0.2, 0.25) is 0 Å². The smallest absolute Gasteiger partial charge is 0.149 e. The van der Waals surface area contributed by atoms with Gasteiger partial charge in [0.2, 0.25) is 0 Å². The van der Waals surface area contributed by atoms with E-state index in [-0.39, 0.29) is 6.04 Å². The summed E-state index contributed by atoms with van der Waals surface area (Å²) in [5.41, 5.74) is 0. The maximum Gasteiger partial charge on any atom is 0.149 e. The molecule has 1 unspecified atom stereocenters. The Kier molecular flexibility index (Phi) is 3.73. The van der Waals surface area contributed by atoms with Crippen LogP contribution in [-0.2, 0) is 13.6 Å². The normalized spacial score (nSPS) is 12.9. The fourth-order valence-electron chi connectivity index (χ4n) is 1.48. The number of hydrogen-bond acceptors (Lipinski definition) is 4. The number of halogens is 1. The van der Waals surface area contributed by atoms with Gasteiger partial charge in [-0.3, -0.25) is 0 Å². The molecule has 16 heavy (non-hydrogen) atoms. The van der Waals surface area contributed by atoms with Gasteiger partial charge in [0, 0.05) is 18.5 Å². The van der Waals surface area contributed by atoms with E-state index in [1.807, 2.05) is 11.6 Å². The molecular formula is C10H13BrN4S. The number of hydrogen-bond donors (Lipinski definition) is 1. The molecule has 0 fully saturated rings. The SMILES string of the molecule is CC(NCc1ccc(Br)s1)c1nncn1C. The van der Waals surface area contributed by atoms with Gasteiger partial charge in [-0.15, -0.1) is 21.5 Å². The van der Waals surface area contributed by atoms with Crippen LogP contribution in [0.3, 0.4) is 0 Å². The summed E-state index contributed by atoms with van der Waals surface area (Å²) in [5.74, 6) is 0.954. The maximum absolute atomic E-state index is 4.08. The van der Waals surface area contributed by atoms with Crippen LogP contribution in [0.5, 0.6) is 0 Å². The van der Waals surface area contributed by atoms with Crippen LogP contribution >= 0.6 is 27.3 Å². The monoisotopic (exact) mass is 300 g/mol. The first-order valence-electron chi connectivity index (χ1n) is 4.98. The third-order valence-electron chi connectivity index (χ3n) is 2.35. The summed E-state index contributed by atoms with van der Waals surface area (Å²) in [6, 6.07) is 4.38. The number of thiophene rings is 1. The predicted molar refractivity (Wildman–Crippen MR) is 68.3 cm³/mol. The molecule has 1 atom stereocenters. The van der Waals surface area contributed by atoms with Crippen molar-refractivity contribution in [3.8, 4) is 0 Å². The zero-order valence-electron chi connectivity index (χ0n) is 9.14. The molecule has 2 rings (SSSR count). The van der Waals surface area contributed by atoms with Crippen molar-refractivity contribution in [3.05, 3.63) is 32.9 Å². The van der Waals surface area contributed by atoms with E-state index < -0.39 is 0 Å². The van der Waals surface area contributed by atoms with Gasteiger partial charge in [0.1, 0.15) is 12.2 Å². The highest BCUT2D eigenvalue weighted by Crippen LogP contribution is 2.22. The number of nitrogens with zero attached hydrogens (tertiary/aromatic N) is 3. The highest BCUT2D eigenvalue weighted by atomic mass is 79.9. The fourth-order valence-corrected chi connectivity index (χ4v) is 2.91. The molecule has 0 aliphatic rings. The summed E-state index contributed by atoms with van der Waals surface area (Å²) in [6.07, 6.45) is 1.72. The van der Waals surface area contributed by atoms with Crippen molar-refractivity contribution >= 4 is 27.3 Å². The van der Waals surface area contributed by atoms with Gasteiger partial charge in [0.25, 0.3) is 0 Å². The van der Waals surface area contributed by atoms with Crippen LogP contribution in [0.15, 0.2) is 22.2 Å². The summed E-state index contributed by atoms with van der Waals surface area (Å²) in [5, 5.41) is 11.4. The van der Waals surface area contributed by atoms with Crippen molar-refractivity contribution in [3.63, 3.8) is 0 Å². The van der Waals surface area contributed by atoms with Crippen molar-refractivity contribution in [1.29, 1.82) is 0 Å². The Morgan fingerprint density at radius 2 is 2.38 bits per heavy atom. The standard InChI is InChI=1S/C10H13BrN4S/c1-7(10-14-13-6-15(10)2)12-5-8-3-4-9(11)16-8/h3-4,6-7,12H,5H2,1-2H3. The molecule has 0 bridgehead atoms. The molecule has 0 aromatic carbocycles. The third kappa shape index (κ3) is 2.69. The van der Waals surface area contributed by atoms with Crippen LogP contribution in [-0.4, -0.2) is 14.8 Å². The average Bonchev–Trinajstić information content (AvgIpc) is 2.84. The minimum atomic E-state index is 0.202. The molecule has 0 spiro atoms. The number of nitrogens with one attached hydrogen (secondary N) is 1. The first-order valence-corrected chi connectivity index (χ1v) is 6.59. The molecule has 2 heterocycles. The van der Waals surface area contributed by atoms with E-state index in [1.54, 1.807) is 17.7 Å². The molecule has 0 aliphatic carbocycles. The van der Waals surface area contributed by atoms with Gasteiger partial charge in [-0.1, -0.05) is 0 Å². The van der Waals surface area contributed by atoms with Crippen molar-refractivity contribution in [2.45, 2.75) is 19.5 Å². The lowest BCUT2D eigenvalue weighted by atomic mass is 10.3. The predicted octanol–water partition coefficient (Wildman–Crippen LogP) is 2.49. The number of rotatable bonds is 4. The summed E-state index contributed by atoms with van der Waals surface area (Å²) < 4.78 is 3.10. The van der Waals surface area contributed by atoms with E-state index in [0.29, 0.717) is 0 Å². The molecule has 6 heteroatoms. The second kappa shape index (κ2) is 5.07. The molecule has 0 aliphatic heterocycles. The lowest BCUT2D eigenvalue weighted by molar-refractivity contribution is 0.531. The van der Waals surface area contributed by atoms with Gasteiger partial charge in [-0.25, -0.2) is 0 Å². The van der Waals surface area contributed by atoms with Crippen LogP contribution in [0.4, 0.5) is 0 Å². The summed E-state index contributed by atoms with van der Waals surface area (Å²) in [6.45, 7) is 2.94. The second-order valence-electron chi connectivity index (χ2n) is 3.61. The largest absolute Gasteiger partial charge is 0.319 e. The summed E-state index contributed by atoms with van der Waals surface area (Å²) in [7, 11) is 1.95. The highest BCUT2D eigenvalue weighted by Gasteiger charge is 2.10. The molecular weight excluding hydrogens is 288 g/mol. The van der Waals surface area contributed by atoms with Gasteiger partial charge in [-0.05, 0) is 35.0 Å². The van der Waals surface area contributed by atoms with Crippen LogP contribution in [0.1, 0.15) is 23.7 Å². The molecule has 4 nitrogen and oxygen atoms in total. The first-order chi connectivity index (χ1) is 7.66. The van der Waals surface area contributed by atoms with Crippen LogP contribution in [0.25, 0.3) is 0 Å². The fraction of sp³-hybridized carbons (Fsp3) is 0.400. The first kappa shape index (κ1) is 11.8. The van der Waals surface area contributed by atoms with Gasteiger partial charge >= 0.3 is 0 Å². The van der Waals surface area contributed by atoms with Gasteiger partial charge < -0.3 is 9.88 Å². The molecule has 1 N–H and O–H groups in total. The van der Waals surface area contributed by atoms with E-state index in [0.717, 1.165) is 16.2 Å². The van der Waals surface area contributed by atoms with E-state index >= 15 is 0 Å². The molecule has 0 radical (unpaired) electrons.